The molecule has 3 aliphatic heterocycles. The fraction of sp³-hybridized carbons (Fsp3) is 0.875. The van der Waals surface area contributed by atoms with Crippen LogP contribution >= 0.6 is 0 Å². The van der Waals surface area contributed by atoms with Crippen molar-refractivity contribution in [3.8, 4) is 0 Å². The van der Waals surface area contributed by atoms with Crippen molar-refractivity contribution in [1.82, 2.24) is 10.4 Å². The molecule has 3 fully saturated rings. The van der Waals surface area contributed by atoms with Crippen molar-refractivity contribution < 1.29 is 76.0 Å². The Hall–Kier alpha value is 0.456. The number of rotatable bonds is 3. The number of carboxylic acids is 1. The van der Waals surface area contributed by atoms with Gasteiger partial charge in [-0.05, 0) is 31.1 Å². The van der Waals surface area contributed by atoms with Gasteiger partial charge in [0.25, 0.3) is 0 Å². The molecule has 3 rings (SSSR count). The van der Waals surface area contributed by atoms with Gasteiger partial charge in [-0.2, -0.15) is 0 Å². The monoisotopic (exact) mass is 368 g/mol. The molecule has 8 heteroatoms. The Morgan fingerprint density at radius 1 is 1.46 bits per heavy atom. The Bertz CT molecular complexity index is 404. The summed E-state index contributed by atoms with van der Waals surface area (Å²) in [6, 6.07) is -0.646. The molecule has 5 unspecified atom stereocenters. The molecular formula is C16H29KN2O5. The summed E-state index contributed by atoms with van der Waals surface area (Å²) >= 11 is 0. The van der Waals surface area contributed by atoms with Crippen molar-refractivity contribution in [2.45, 2.75) is 52.6 Å². The van der Waals surface area contributed by atoms with Crippen molar-refractivity contribution in [2.75, 3.05) is 19.8 Å². The molecule has 0 bridgehead atoms. The van der Waals surface area contributed by atoms with Crippen molar-refractivity contribution in [1.29, 1.82) is 0 Å². The van der Waals surface area contributed by atoms with Gasteiger partial charge >= 0.3 is 51.4 Å². The summed E-state index contributed by atoms with van der Waals surface area (Å²) in [6.45, 7) is 9.34. The third-order valence-corrected chi connectivity index (χ3v) is 4.66. The number of amides is 1. The molecule has 3 saturated heterocycles. The van der Waals surface area contributed by atoms with E-state index in [2.05, 4.69) is 5.48 Å². The molecule has 0 aromatic rings. The van der Waals surface area contributed by atoms with Crippen LogP contribution in [0.3, 0.4) is 0 Å². The van der Waals surface area contributed by atoms with Crippen LogP contribution in [0.4, 0.5) is 0 Å². The topological polar surface area (TPSA) is 102 Å². The molecule has 24 heavy (non-hydrogen) atoms. The van der Waals surface area contributed by atoms with Crippen molar-refractivity contribution in [2.24, 2.45) is 17.8 Å². The quantitative estimate of drug-likeness (QED) is 0.397. The summed E-state index contributed by atoms with van der Waals surface area (Å²) in [6.07, 6.45) is 1.26. The smallest absolute Gasteiger partial charge is 0.548 e. The van der Waals surface area contributed by atoms with Crippen molar-refractivity contribution in [3.63, 3.8) is 0 Å². The average molecular weight is 369 g/mol. The van der Waals surface area contributed by atoms with E-state index in [1.54, 1.807) is 6.92 Å². The minimum absolute atomic E-state index is 0. The van der Waals surface area contributed by atoms with E-state index in [0.29, 0.717) is 18.9 Å². The van der Waals surface area contributed by atoms with Gasteiger partial charge in [-0.3, -0.25) is 4.79 Å². The van der Waals surface area contributed by atoms with Gasteiger partial charge in [0.15, 0.2) is 0 Å². The fourth-order valence-electron chi connectivity index (χ4n) is 3.62. The number of β-lactam (4-membered cyclic amide) rings is 1. The van der Waals surface area contributed by atoms with Crippen LogP contribution in [0, 0.1) is 17.8 Å². The Morgan fingerprint density at radius 3 is 2.46 bits per heavy atom. The molecule has 2 N–H and O–H groups in total. The maximum Gasteiger partial charge on any atom is 1.00 e. The first-order valence-corrected chi connectivity index (χ1v) is 8.48. The fourth-order valence-corrected chi connectivity index (χ4v) is 3.62. The number of hydrogen-bond acceptors (Lipinski definition) is 6. The van der Waals surface area contributed by atoms with E-state index in [1.807, 2.05) is 20.8 Å². The number of nitrogens with one attached hydrogen (secondary N) is 1. The molecule has 0 saturated carbocycles. The van der Waals surface area contributed by atoms with E-state index in [0.717, 1.165) is 13.0 Å². The average Bonchev–Trinajstić information content (AvgIpc) is 3.09. The van der Waals surface area contributed by atoms with Crippen LogP contribution in [-0.4, -0.2) is 53.7 Å². The molecule has 3 aliphatic rings. The standard InChI is InChI=1S/C12H18N2O4.C2H6O.C2H6.K/c1-6-8(2-7-4-13-18-5-7)11(12(16)17)14-9(6)3-10(14)15;1-2-3;1-2;/h6-9,11,13H,2-5H2,1H3,(H,16,17);3H,2H2,1H3;1-2H3;/q;;;+1/p-1. The summed E-state index contributed by atoms with van der Waals surface area (Å²) < 4.78 is 0. The third kappa shape index (κ3) is 5.47. The Balaban J connectivity index is 0.000000799. The van der Waals surface area contributed by atoms with Crippen LogP contribution in [0.2, 0.25) is 0 Å². The number of aliphatic hydroxyl groups excluding tert-OH is 1. The second kappa shape index (κ2) is 12.0. The molecular weight excluding hydrogens is 339 g/mol. The first kappa shape index (κ1) is 24.5. The Labute approximate surface area is 186 Å². The van der Waals surface area contributed by atoms with Crippen LogP contribution in [0.5, 0.6) is 0 Å². The van der Waals surface area contributed by atoms with E-state index in [-0.39, 0.29) is 81.8 Å². The number of nitrogens with zero attached hydrogens (tertiary/aromatic N) is 1. The van der Waals surface area contributed by atoms with Crippen LogP contribution < -0.4 is 62.0 Å². The number of carboxylic acid groups (broad SMARTS) is 1. The van der Waals surface area contributed by atoms with E-state index in [9.17, 15) is 14.7 Å². The Kier molecular flexibility index (Phi) is 12.2. The number of aliphatic hydroxyl groups is 1. The second-order valence-corrected chi connectivity index (χ2v) is 5.94. The molecule has 1 amide bonds. The van der Waals surface area contributed by atoms with E-state index in [1.165, 1.54) is 4.90 Å². The molecule has 0 radical (unpaired) electrons. The molecule has 0 aromatic carbocycles. The summed E-state index contributed by atoms with van der Waals surface area (Å²) in [5, 5.41) is 18.9. The summed E-state index contributed by atoms with van der Waals surface area (Å²) in [5.41, 5.74) is 2.81. The van der Waals surface area contributed by atoms with Gasteiger partial charge in [0.2, 0.25) is 5.91 Å². The SMILES string of the molecule is CC.CC1C(CC2CNOC2)C(C(=O)[O-])N2C(=O)CC12.CCO.[K+]. The molecule has 0 aliphatic carbocycles. The van der Waals surface area contributed by atoms with Gasteiger partial charge in [0.05, 0.1) is 18.6 Å². The van der Waals surface area contributed by atoms with Gasteiger partial charge in [-0.15, -0.1) is 0 Å². The van der Waals surface area contributed by atoms with Crippen LogP contribution in [0.15, 0.2) is 0 Å². The number of aliphatic carboxylic acids is 1. The molecule has 0 aromatic heterocycles. The van der Waals surface area contributed by atoms with Crippen LogP contribution in [0.25, 0.3) is 0 Å². The zero-order valence-corrected chi connectivity index (χ0v) is 18.6. The summed E-state index contributed by atoms with van der Waals surface area (Å²) in [4.78, 5) is 29.5. The normalized spacial score (nSPS) is 33.1. The number of hydroxylamine groups is 1. The van der Waals surface area contributed by atoms with Crippen LogP contribution in [0.1, 0.15) is 40.5 Å². The molecule has 134 valence electrons. The van der Waals surface area contributed by atoms with Crippen molar-refractivity contribution >= 4 is 11.9 Å². The molecule has 5 atom stereocenters. The predicted octanol–water partition coefficient (Wildman–Crippen LogP) is -3.46. The predicted molar refractivity (Wildman–Crippen MR) is 82.9 cm³/mol. The van der Waals surface area contributed by atoms with E-state index < -0.39 is 12.0 Å². The number of carbonyl (C=O) groups excluding carboxylic acids is 2. The third-order valence-electron chi connectivity index (χ3n) is 4.66. The maximum atomic E-state index is 11.6. The van der Waals surface area contributed by atoms with E-state index >= 15 is 0 Å². The van der Waals surface area contributed by atoms with Gasteiger partial charge in [-0.25, -0.2) is 5.48 Å². The zero-order chi connectivity index (χ0) is 17.6. The van der Waals surface area contributed by atoms with Gasteiger partial charge < -0.3 is 24.7 Å². The minimum Gasteiger partial charge on any atom is -0.548 e. The summed E-state index contributed by atoms with van der Waals surface area (Å²) in [5.74, 6) is -0.627. The van der Waals surface area contributed by atoms with Gasteiger partial charge in [-0.1, -0.05) is 20.8 Å². The van der Waals surface area contributed by atoms with Crippen molar-refractivity contribution in [3.05, 3.63) is 0 Å². The minimum atomic E-state index is -1.12. The maximum absolute atomic E-state index is 11.6. The van der Waals surface area contributed by atoms with E-state index in [4.69, 9.17) is 9.94 Å². The second-order valence-electron chi connectivity index (χ2n) is 5.94. The molecule has 7 nitrogen and oxygen atoms in total. The number of carbonyl (C=O) groups is 2. The Morgan fingerprint density at radius 2 is 2.04 bits per heavy atom. The number of fused-ring (bicyclic) bond motifs is 1. The van der Waals surface area contributed by atoms with Gasteiger partial charge in [0.1, 0.15) is 0 Å². The zero-order valence-electron chi connectivity index (χ0n) is 15.4. The summed E-state index contributed by atoms with van der Waals surface area (Å²) in [7, 11) is 0. The first-order valence-electron chi connectivity index (χ1n) is 8.48. The molecule has 3 heterocycles. The largest absolute Gasteiger partial charge is 1.00 e. The first-order chi connectivity index (χ1) is 11.0. The molecule has 0 spiro atoms. The van der Waals surface area contributed by atoms with Crippen LogP contribution in [-0.2, 0) is 14.4 Å². The number of hydrogen-bond donors (Lipinski definition) is 2. The van der Waals surface area contributed by atoms with Gasteiger partial charge in [0, 0.05) is 25.6 Å².